The van der Waals surface area contributed by atoms with E-state index in [2.05, 4.69) is 5.32 Å². The Bertz CT molecular complexity index is 392. The normalized spacial score (nSPS) is 25.2. The predicted octanol–water partition coefficient (Wildman–Crippen LogP) is -0.00330. The molecule has 108 valence electrons. The molecule has 1 fully saturated rings. The number of carbonyl (C=O) groups is 3. The zero-order chi connectivity index (χ0) is 14.8. The van der Waals surface area contributed by atoms with Gasteiger partial charge in [0.05, 0.1) is 6.10 Å². The maximum atomic E-state index is 12.2. The van der Waals surface area contributed by atoms with E-state index in [9.17, 15) is 14.4 Å². The number of nitrogens with two attached hydrogens (primary N) is 1. The van der Waals surface area contributed by atoms with Crippen molar-refractivity contribution >= 4 is 17.6 Å². The van der Waals surface area contributed by atoms with E-state index in [1.807, 2.05) is 6.92 Å². The Morgan fingerprint density at radius 3 is 2.47 bits per heavy atom. The summed E-state index contributed by atoms with van der Waals surface area (Å²) in [5, 5.41) is 2.59. The van der Waals surface area contributed by atoms with Crippen molar-refractivity contribution in [1.82, 2.24) is 5.32 Å². The summed E-state index contributed by atoms with van der Waals surface area (Å²) in [6, 6.07) is -0.693. The Balaban J connectivity index is 2.84. The van der Waals surface area contributed by atoms with E-state index >= 15 is 0 Å². The topological polar surface area (TPSA) is 98.5 Å². The van der Waals surface area contributed by atoms with Gasteiger partial charge in [-0.25, -0.2) is 0 Å². The molecule has 1 saturated heterocycles. The van der Waals surface area contributed by atoms with Gasteiger partial charge in [0.2, 0.25) is 11.8 Å². The molecular weight excluding hydrogens is 248 g/mol. The van der Waals surface area contributed by atoms with E-state index in [1.165, 1.54) is 0 Å². The summed E-state index contributed by atoms with van der Waals surface area (Å²) in [5.41, 5.74) is 4.77. The van der Waals surface area contributed by atoms with Gasteiger partial charge >= 0.3 is 0 Å². The van der Waals surface area contributed by atoms with Gasteiger partial charge in [-0.3, -0.25) is 14.4 Å². The monoisotopic (exact) mass is 270 g/mol. The molecule has 0 aromatic heterocycles. The molecule has 1 aliphatic heterocycles. The van der Waals surface area contributed by atoms with E-state index < -0.39 is 29.2 Å². The van der Waals surface area contributed by atoms with E-state index in [0.29, 0.717) is 6.42 Å². The highest BCUT2D eigenvalue weighted by molar-refractivity contribution is 6.02. The molecule has 3 N–H and O–H groups in total. The minimum atomic E-state index is -0.960. The van der Waals surface area contributed by atoms with Crippen LogP contribution >= 0.6 is 0 Å². The van der Waals surface area contributed by atoms with Crippen LogP contribution in [0.15, 0.2) is 0 Å². The van der Waals surface area contributed by atoms with E-state index in [0.717, 1.165) is 0 Å². The maximum absolute atomic E-state index is 12.2. The molecule has 0 aromatic carbocycles. The van der Waals surface area contributed by atoms with Gasteiger partial charge in [0, 0.05) is 0 Å². The second-order valence-corrected chi connectivity index (χ2v) is 5.65. The molecule has 0 radical (unpaired) electrons. The molecule has 0 spiro atoms. The summed E-state index contributed by atoms with van der Waals surface area (Å²) in [4.78, 5) is 35.3. The third-order valence-electron chi connectivity index (χ3n) is 3.84. The van der Waals surface area contributed by atoms with Crippen LogP contribution in [0.4, 0.5) is 0 Å². The molecule has 1 aliphatic rings. The first-order chi connectivity index (χ1) is 8.70. The Labute approximate surface area is 113 Å². The van der Waals surface area contributed by atoms with Crippen molar-refractivity contribution in [2.45, 2.75) is 46.3 Å². The second kappa shape index (κ2) is 5.69. The molecule has 1 heterocycles. The number of Topliss-reactive ketones (excluding diaryl/α,β-unsaturated/α-hetero) is 1. The van der Waals surface area contributed by atoms with Crippen molar-refractivity contribution in [2.75, 3.05) is 6.61 Å². The number of rotatable bonds is 5. The molecular formula is C13H22N2O4. The van der Waals surface area contributed by atoms with Crippen molar-refractivity contribution in [3.63, 3.8) is 0 Å². The van der Waals surface area contributed by atoms with Crippen LogP contribution in [0.3, 0.4) is 0 Å². The molecule has 0 aromatic rings. The fourth-order valence-electron chi connectivity index (χ4n) is 2.17. The highest BCUT2D eigenvalue weighted by Gasteiger charge is 2.42. The summed E-state index contributed by atoms with van der Waals surface area (Å²) in [6.07, 6.45) is 0.244. The number of hydrogen-bond donors (Lipinski definition) is 2. The quantitative estimate of drug-likeness (QED) is 0.687. The highest BCUT2D eigenvalue weighted by Crippen LogP contribution is 2.30. The van der Waals surface area contributed by atoms with Crippen LogP contribution in [0, 0.1) is 11.3 Å². The van der Waals surface area contributed by atoms with Gasteiger partial charge in [-0.1, -0.05) is 20.8 Å². The maximum Gasteiger partial charge on any atom is 0.233 e. The smallest absolute Gasteiger partial charge is 0.233 e. The minimum absolute atomic E-state index is 0.00940. The lowest BCUT2D eigenvalue weighted by atomic mass is 9.75. The number of hydrogen-bond acceptors (Lipinski definition) is 4. The lowest BCUT2D eigenvalue weighted by molar-refractivity contribution is -0.140. The number of ketones is 1. The van der Waals surface area contributed by atoms with Crippen molar-refractivity contribution in [1.29, 1.82) is 0 Å². The van der Waals surface area contributed by atoms with Crippen LogP contribution in [0.2, 0.25) is 0 Å². The number of carbonyl (C=O) groups excluding carboxylic acids is 3. The molecule has 3 atom stereocenters. The number of nitrogens with one attached hydrogen (secondary N) is 1. The first kappa shape index (κ1) is 15.6. The number of amides is 2. The summed E-state index contributed by atoms with van der Waals surface area (Å²) in [5.74, 6) is -2.32. The molecule has 2 amide bonds. The van der Waals surface area contributed by atoms with Crippen LogP contribution in [0.1, 0.15) is 34.1 Å². The van der Waals surface area contributed by atoms with Crippen molar-refractivity contribution < 1.29 is 19.1 Å². The van der Waals surface area contributed by atoms with Crippen molar-refractivity contribution in [2.24, 2.45) is 17.1 Å². The third-order valence-corrected chi connectivity index (χ3v) is 3.84. The average molecular weight is 270 g/mol. The van der Waals surface area contributed by atoms with Crippen LogP contribution in [-0.4, -0.2) is 36.4 Å². The van der Waals surface area contributed by atoms with Gasteiger partial charge in [0.25, 0.3) is 0 Å². The molecule has 0 unspecified atom stereocenters. The lowest BCUT2D eigenvalue weighted by Gasteiger charge is -2.31. The first-order valence-corrected chi connectivity index (χ1v) is 6.44. The SMILES string of the molecule is CCC(C)(C)[C@@H](C(N)=O)C(=O)N[C@@H]1C(=O)CO[C@H]1C. The first-order valence-electron chi connectivity index (χ1n) is 6.44. The third kappa shape index (κ3) is 3.32. The zero-order valence-electron chi connectivity index (χ0n) is 11.9. The van der Waals surface area contributed by atoms with Crippen LogP contribution in [0.5, 0.6) is 0 Å². The Hall–Kier alpha value is -1.43. The Morgan fingerprint density at radius 2 is 2.11 bits per heavy atom. The van der Waals surface area contributed by atoms with Gasteiger partial charge in [0.15, 0.2) is 5.78 Å². The number of ether oxygens (including phenoxy) is 1. The molecule has 1 rings (SSSR count). The Kier molecular flexibility index (Phi) is 4.68. The van der Waals surface area contributed by atoms with Crippen LogP contribution in [-0.2, 0) is 19.1 Å². The minimum Gasteiger partial charge on any atom is -0.369 e. The standard InChI is InChI=1S/C13H22N2O4/c1-5-13(3,4)9(11(14)17)12(18)15-10-7(2)19-6-8(10)16/h7,9-10H,5-6H2,1-4H3,(H2,14,17)(H,15,18)/t7-,9-,10-/m0/s1. The van der Waals surface area contributed by atoms with Gasteiger partial charge in [-0.2, -0.15) is 0 Å². The van der Waals surface area contributed by atoms with E-state index in [1.54, 1.807) is 20.8 Å². The lowest BCUT2D eigenvalue weighted by Crippen LogP contribution is -2.52. The summed E-state index contributed by atoms with van der Waals surface area (Å²) >= 11 is 0. The van der Waals surface area contributed by atoms with Gasteiger partial charge in [0.1, 0.15) is 18.6 Å². The van der Waals surface area contributed by atoms with Crippen molar-refractivity contribution in [3.05, 3.63) is 0 Å². The molecule has 6 nitrogen and oxygen atoms in total. The summed E-state index contributed by atoms with van der Waals surface area (Å²) in [7, 11) is 0. The summed E-state index contributed by atoms with van der Waals surface area (Å²) < 4.78 is 5.15. The average Bonchev–Trinajstić information content (AvgIpc) is 2.60. The molecule has 0 bridgehead atoms. The zero-order valence-corrected chi connectivity index (χ0v) is 11.9. The van der Waals surface area contributed by atoms with Crippen LogP contribution < -0.4 is 11.1 Å². The molecule has 6 heteroatoms. The fourth-order valence-corrected chi connectivity index (χ4v) is 2.17. The van der Waals surface area contributed by atoms with Gasteiger partial charge in [-0.05, 0) is 18.8 Å². The fraction of sp³-hybridized carbons (Fsp3) is 0.769. The van der Waals surface area contributed by atoms with Gasteiger partial charge in [-0.15, -0.1) is 0 Å². The predicted molar refractivity (Wildman–Crippen MR) is 69.1 cm³/mol. The molecule has 19 heavy (non-hydrogen) atoms. The van der Waals surface area contributed by atoms with Gasteiger partial charge < -0.3 is 15.8 Å². The van der Waals surface area contributed by atoms with Crippen LogP contribution in [0.25, 0.3) is 0 Å². The van der Waals surface area contributed by atoms with E-state index in [-0.39, 0.29) is 18.5 Å². The molecule has 0 aliphatic carbocycles. The number of primary amides is 1. The second-order valence-electron chi connectivity index (χ2n) is 5.65. The highest BCUT2D eigenvalue weighted by atomic mass is 16.5. The van der Waals surface area contributed by atoms with Crippen molar-refractivity contribution in [3.8, 4) is 0 Å². The largest absolute Gasteiger partial charge is 0.369 e. The Morgan fingerprint density at radius 1 is 1.53 bits per heavy atom. The van der Waals surface area contributed by atoms with E-state index in [4.69, 9.17) is 10.5 Å². The molecule has 0 saturated carbocycles. The summed E-state index contributed by atoms with van der Waals surface area (Å²) in [6.45, 7) is 7.19.